The van der Waals surface area contributed by atoms with Gasteiger partial charge in [0.1, 0.15) is 24.7 Å². The van der Waals surface area contributed by atoms with Crippen molar-refractivity contribution in [1.29, 1.82) is 0 Å². The summed E-state index contributed by atoms with van der Waals surface area (Å²) in [6.45, 7) is 3.09. The summed E-state index contributed by atoms with van der Waals surface area (Å²) >= 11 is 5.99. The summed E-state index contributed by atoms with van der Waals surface area (Å²) in [5.41, 5.74) is 2.56. The van der Waals surface area contributed by atoms with Gasteiger partial charge >= 0.3 is 11.8 Å². The highest BCUT2D eigenvalue weighted by molar-refractivity contribution is 6.30. The van der Waals surface area contributed by atoms with Gasteiger partial charge in [0.15, 0.2) is 0 Å². The molecule has 178 valence electrons. The second-order valence-electron chi connectivity index (χ2n) is 8.93. The summed E-state index contributed by atoms with van der Waals surface area (Å²) in [5.74, 6) is 1.29. The number of rotatable bonds is 7. The number of piperidine rings is 1. The number of imidazole rings is 1. The third kappa shape index (κ3) is 5.28. The molecule has 0 amide bonds. The molecule has 3 heterocycles. The Labute approximate surface area is 203 Å². The van der Waals surface area contributed by atoms with Crippen molar-refractivity contribution in [1.82, 2.24) is 9.55 Å². The zero-order chi connectivity index (χ0) is 23.5. The summed E-state index contributed by atoms with van der Waals surface area (Å²) in [7, 11) is 0. The van der Waals surface area contributed by atoms with Crippen molar-refractivity contribution >= 4 is 23.1 Å². The Morgan fingerprint density at radius 2 is 1.79 bits per heavy atom. The number of aryl methyl sites for hydroxylation is 1. The van der Waals surface area contributed by atoms with Crippen molar-refractivity contribution in [3.63, 3.8) is 0 Å². The smallest absolute Gasteiger partial charge is 0.414 e. The Bertz CT molecular complexity index is 1120. The summed E-state index contributed by atoms with van der Waals surface area (Å²) in [6, 6.07) is 16.7. The molecule has 1 atom stereocenters. The summed E-state index contributed by atoms with van der Waals surface area (Å²) in [4.78, 5) is 16.7. The quantitative estimate of drug-likeness (QED) is 0.343. The standard InChI is InChI=1S/C25H27ClN4O4/c26-20-3-1-18(2-4-20)15-19-9-12-28(13-10-19)21-5-7-22(8-6-21)33-17-23-11-14-29-16-24(30(31)32)27-25(29)34-23/h1-8,16,19,23H,9-15,17H2. The maximum absolute atomic E-state index is 10.9. The van der Waals surface area contributed by atoms with Gasteiger partial charge in [-0.25, -0.2) is 0 Å². The minimum Gasteiger partial charge on any atom is -0.490 e. The van der Waals surface area contributed by atoms with Crippen LogP contribution in [0.1, 0.15) is 24.8 Å². The number of anilines is 1. The highest BCUT2D eigenvalue weighted by Gasteiger charge is 2.28. The average molecular weight is 483 g/mol. The van der Waals surface area contributed by atoms with Crippen molar-refractivity contribution in [2.45, 2.75) is 38.3 Å². The highest BCUT2D eigenvalue weighted by Crippen LogP contribution is 2.28. The summed E-state index contributed by atoms with van der Waals surface area (Å²) < 4.78 is 13.4. The molecule has 9 heteroatoms. The van der Waals surface area contributed by atoms with Crippen molar-refractivity contribution in [3.05, 3.63) is 75.4 Å². The topological polar surface area (TPSA) is 82.7 Å². The van der Waals surface area contributed by atoms with E-state index in [-0.39, 0.29) is 17.9 Å². The van der Waals surface area contributed by atoms with Crippen LogP contribution in [-0.4, -0.2) is 40.3 Å². The van der Waals surface area contributed by atoms with Gasteiger partial charge in [-0.1, -0.05) is 23.7 Å². The van der Waals surface area contributed by atoms with Crippen LogP contribution in [-0.2, 0) is 13.0 Å². The third-order valence-corrected chi connectivity index (χ3v) is 6.82. The molecule has 2 aliphatic rings. The van der Waals surface area contributed by atoms with Gasteiger partial charge in [-0.05, 0) is 72.1 Å². The Hall–Kier alpha value is -3.26. The molecule has 0 N–H and O–H groups in total. The lowest BCUT2D eigenvalue weighted by Gasteiger charge is -2.33. The molecular formula is C25H27ClN4O4. The van der Waals surface area contributed by atoms with Crippen LogP contribution in [0.5, 0.6) is 11.8 Å². The van der Waals surface area contributed by atoms with Crippen LogP contribution in [0.4, 0.5) is 11.5 Å². The number of nitro groups is 1. The number of nitrogens with zero attached hydrogens (tertiary/aromatic N) is 4. The van der Waals surface area contributed by atoms with Crippen LogP contribution in [0.25, 0.3) is 0 Å². The fourth-order valence-corrected chi connectivity index (χ4v) is 4.75. The molecule has 0 bridgehead atoms. The predicted molar refractivity (Wildman–Crippen MR) is 130 cm³/mol. The van der Waals surface area contributed by atoms with Gasteiger partial charge in [0.05, 0.1) is 0 Å². The minimum absolute atomic E-state index is 0.186. The first-order valence-electron chi connectivity index (χ1n) is 11.6. The van der Waals surface area contributed by atoms with E-state index in [2.05, 4.69) is 34.1 Å². The summed E-state index contributed by atoms with van der Waals surface area (Å²) in [6.07, 6.45) is 5.39. The van der Waals surface area contributed by atoms with Gasteiger partial charge < -0.3 is 24.5 Å². The predicted octanol–water partition coefficient (Wildman–Crippen LogP) is 5.13. The van der Waals surface area contributed by atoms with E-state index in [0.717, 1.165) is 30.3 Å². The second-order valence-corrected chi connectivity index (χ2v) is 9.36. The lowest BCUT2D eigenvalue weighted by atomic mass is 9.90. The fourth-order valence-electron chi connectivity index (χ4n) is 4.63. The van der Waals surface area contributed by atoms with Crippen LogP contribution in [0.15, 0.2) is 54.7 Å². The van der Waals surface area contributed by atoms with Crippen LogP contribution in [0, 0.1) is 16.0 Å². The largest absolute Gasteiger partial charge is 0.490 e. The second kappa shape index (κ2) is 9.93. The highest BCUT2D eigenvalue weighted by atomic mass is 35.5. The lowest BCUT2D eigenvalue weighted by molar-refractivity contribution is -0.389. The number of halogens is 1. The number of hydrogen-bond donors (Lipinski definition) is 0. The van der Waals surface area contributed by atoms with Crippen LogP contribution in [0.2, 0.25) is 5.02 Å². The molecule has 0 radical (unpaired) electrons. The zero-order valence-corrected chi connectivity index (χ0v) is 19.6. The van der Waals surface area contributed by atoms with Crippen molar-refractivity contribution < 1.29 is 14.4 Å². The van der Waals surface area contributed by atoms with Gasteiger partial charge in [-0.2, -0.15) is 0 Å². The van der Waals surface area contributed by atoms with Crippen LogP contribution in [0.3, 0.4) is 0 Å². The average Bonchev–Trinajstić information content (AvgIpc) is 3.29. The van der Waals surface area contributed by atoms with E-state index in [0.29, 0.717) is 25.5 Å². The number of aromatic nitrogens is 2. The maximum atomic E-state index is 10.9. The maximum Gasteiger partial charge on any atom is 0.414 e. The van der Waals surface area contributed by atoms with Gasteiger partial charge in [0.25, 0.3) is 0 Å². The molecule has 0 saturated carbocycles. The molecule has 1 unspecified atom stereocenters. The number of hydrogen-bond acceptors (Lipinski definition) is 6. The monoisotopic (exact) mass is 482 g/mol. The van der Waals surface area contributed by atoms with Gasteiger partial charge in [-0.15, -0.1) is 0 Å². The first kappa shape index (κ1) is 22.5. The number of fused-ring (bicyclic) bond motifs is 1. The van der Waals surface area contributed by atoms with E-state index < -0.39 is 4.92 Å². The van der Waals surface area contributed by atoms with E-state index in [1.807, 2.05) is 24.3 Å². The van der Waals surface area contributed by atoms with Gasteiger partial charge in [0.2, 0.25) is 0 Å². The first-order valence-corrected chi connectivity index (χ1v) is 12.0. The molecule has 2 aromatic carbocycles. The molecular weight excluding hydrogens is 456 g/mol. The zero-order valence-electron chi connectivity index (χ0n) is 18.8. The molecule has 5 rings (SSSR count). The number of ether oxygens (including phenoxy) is 2. The molecule has 1 fully saturated rings. The molecule has 1 aromatic heterocycles. The fraction of sp³-hybridized carbons (Fsp3) is 0.400. The minimum atomic E-state index is -0.510. The Balaban J connectivity index is 1.08. The number of benzene rings is 2. The van der Waals surface area contributed by atoms with Crippen molar-refractivity contribution in [3.8, 4) is 11.8 Å². The van der Waals surface area contributed by atoms with Crippen molar-refractivity contribution in [2.75, 3.05) is 24.6 Å². The molecule has 34 heavy (non-hydrogen) atoms. The van der Waals surface area contributed by atoms with E-state index in [4.69, 9.17) is 21.1 Å². The third-order valence-electron chi connectivity index (χ3n) is 6.57. The first-order chi connectivity index (χ1) is 16.5. The SMILES string of the molecule is O=[N+]([O-])c1cn2c(n1)OC(COc1ccc(N3CCC(Cc4ccc(Cl)cc4)CC3)cc1)CC2. The van der Waals surface area contributed by atoms with Gasteiger partial charge in [0, 0.05) is 41.7 Å². The van der Waals surface area contributed by atoms with Crippen molar-refractivity contribution in [2.24, 2.45) is 5.92 Å². The lowest BCUT2D eigenvalue weighted by Crippen LogP contribution is -2.34. The molecule has 3 aromatic rings. The van der Waals surface area contributed by atoms with Crippen LogP contribution >= 0.6 is 11.6 Å². The molecule has 0 spiro atoms. The van der Waals surface area contributed by atoms with E-state index >= 15 is 0 Å². The Morgan fingerprint density at radius 1 is 1.06 bits per heavy atom. The van der Waals surface area contributed by atoms with E-state index in [9.17, 15) is 10.1 Å². The molecule has 0 aliphatic carbocycles. The summed E-state index contributed by atoms with van der Waals surface area (Å²) in [5, 5.41) is 11.7. The normalized spacial score (nSPS) is 18.3. The molecule has 2 aliphatic heterocycles. The van der Waals surface area contributed by atoms with Gasteiger partial charge in [-0.3, -0.25) is 4.57 Å². The van der Waals surface area contributed by atoms with E-state index in [1.54, 1.807) is 4.57 Å². The molecule has 1 saturated heterocycles. The molecule has 8 nitrogen and oxygen atoms in total. The van der Waals surface area contributed by atoms with Crippen LogP contribution < -0.4 is 14.4 Å². The van der Waals surface area contributed by atoms with E-state index in [1.165, 1.54) is 30.3 Å². The Kier molecular flexibility index (Phi) is 6.58. The Morgan fingerprint density at radius 3 is 2.50 bits per heavy atom.